The molecule has 0 fully saturated rings. The highest BCUT2D eigenvalue weighted by Gasteiger charge is 2.39. The molecule has 2 N–H and O–H groups in total. The van der Waals surface area contributed by atoms with Gasteiger partial charge in [0.25, 0.3) is 0 Å². The first-order valence-corrected chi connectivity index (χ1v) is 6.63. The molecule has 1 amide bonds. The van der Waals surface area contributed by atoms with E-state index in [4.69, 9.17) is 9.84 Å². The minimum Gasteiger partial charge on any atom is -0.482 e. The lowest BCUT2D eigenvalue weighted by atomic mass is 10.1. The van der Waals surface area contributed by atoms with Gasteiger partial charge in [-0.1, -0.05) is 12.1 Å². The molecule has 9 heteroatoms. The molecule has 0 aliphatic heterocycles. The molecule has 23 heavy (non-hydrogen) atoms. The van der Waals surface area contributed by atoms with Gasteiger partial charge < -0.3 is 9.84 Å². The van der Waals surface area contributed by atoms with E-state index in [-0.39, 0.29) is 6.04 Å². The molecule has 1 atom stereocenters. The van der Waals surface area contributed by atoms with Crippen LogP contribution in [0.5, 0.6) is 5.75 Å². The van der Waals surface area contributed by atoms with Crippen molar-refractivity contribution in [1.29, 1.82) is 0 Å². The van der Waals surface area contributed by atoms with Gasteiger partial charge in [0.1, 0.15) is 5.75 Å². The van der Waals surface area contributed by atoms with Crippen LogP contribution in [-0.4, -0.2) is 47.9 Å². The number of alkyl halides is 3. The number of nitrogens with one attached hydrogen (secondary N) is 1. The van der Waals surface area contributed by atoms with Crippen LogP contribution >= 0.6 is 0 Å². The number of rotatable bonds is 7. The Labute approximate surface area is 130 Å². The number of carboxylic acid groups (broad SMARTS) is 1. The van der Waals surface area contributed by atoms with Gasteiger partial charge in [-0.25, -0.2) is 9.80 Å². The Hall–Kier alpha value is -2.29. The van der Waals surface area contributed by atoms with E-state index < -0.39 is 24.7 Å². The molecule has 0 bridgehead atoms. The maximum Gasteiger partial charge on any atom is 0.472 e. The molecule has 0 aromatic heterocycles. The number of carbonyl (C=O) groups is 2. The second-order valence-corrected chi connectivity index (χ2v) is 4.93. The molecule has 0 heterocycles. The molecular formula is C14H17F3N2O4. The molecule has 128 valence electrons. The maximum absolute atomic E-state index is 12.2. The number of likely N-dealkylation sites (N-methyl/N-ethyl adjacent to an activating group) is 1. The summed E-state index contributed by atoms with van der Waals surface area (Å²) in [5, 5.41) is 9.58. The van der Waals surface area contributed by atoms with Crippen molar-refractivity contribution in [2.45, 2.75) is 25.6 Å². The normalized spacial score (nSPS) is 12.8. The van der Waals surface area contributed by atoms with Gasteiger partial charge in [0.15, 0.2) is 6.61 Å². The van der Waals surface area contributed by atoms with Gasteiger partial charge >= 0.3 is 18.1 Å². The third kappa shape index (κ3) is 6.55. The van der Waals surface area contributed by atoms with Crippen molar-refractivity contribution in [2.75, 3.05) is 13.7 Å². The van der Waals surface area contributed by atoms with Gasteiger partial charge in [-0.2, -0.15) is 13.2 Å². The molecule has 1 aromatic carbocycles. The highest BCUT2D eigenvalue weighted by Crippen LogP contribution is 2.16. The second kappa shape index (κ2) is 7.82. The Morgan fingerprint density at radius 2 is 1.87 bits per heavy atom. The lowest BCUT2D eigenvalue weighted by molar-refractivity contribution is -0.179. The summed E-state index contributed by atoms with van der Waals surface area (Å²) in [6, 6.07) is 6.10. The quantitative estimate of drug-likeness (QED) is 0.741. The smallest absolute Gasteiger partial charge is 0.472 e. The van der Waals surface area contributed by atoms with E-state index in [1.165, 1.54) is 7.05 Å². The van der Waals surface area contributed by atoms with Crippen LogP contribution in [0.2, 0.25) is 0 Å². The van der Waals surface area contributed by atoms with Crippen LogP contribution in [0.15, 0.2) is 24.3 Å². The monoisotopic (exact) mass is 334 g/mol. The van der Waals surface area contributed by atoms with Crippen molar-refractivity contribution < 1.29 is 32.6 Å². The van der Waals surface area contributed by atoms with Crippen molar-refractivity contribution in [1.82, 2.24) is 10.4 Å². The largest absolute Gasteiger partial charge is 0.482 e. The van der Waals surface area contributed by atoms with Crippen molar-refractivity contribution in [3.05, 3.63) is 29.8 Å². The number of amides is 1. The molecule has 0 saturated heterocycles. The molecule has 0 aliphatic rings. The van der Waals surface area contributed by atoms with Crippen LogP contribution in [0.1, 0.15) is 12.5 Å². The van der Waals surface area contributed by atoms with Crippen molar-refractivity contribution in [3.8, 4) is 5.75 Å². The lowest BCUT2D eigenvalue weighted by Crippen LogP contribution is -2.50. The molecule has 6 nitrogen and oxygen atoms in total. The maximum atomic E-state index is 12.2. The summed E-state index contributed by atoms with van der Waals surface area (Å²) in [4.78, 5) is 21.2. The first-order valence-electron chi connectivity index (χ1n) is 6.63. The Morgan fingerprint density at radius 3 is 2.35 bits per heavy atom. The van der Waals surface area contributed by atoms with Crippen LogP contribution in [0.25, 0.3) is 0 Å². The van der Waals surface area contributed by atoms with E-state index in [1.807, 2.05) is 0 Å². The number of carbonyl (C=O) groups excluding carboxylic acids is 1. The molecule has 1 rings (SSSR count). The number of nitrogens with zero attached hydrogens (tertiary/aromatic N) is 1. The number of hydrogen-bond donors (Lipinski definition) is 2. The number of ether oxygens (including phenoxy) is 1. The van der Waals surface area contributed by atoms with Gasteiger partial charge in [-0.05, 0) is 31.0 Å². The molecular weight excluding hydrogens is 317 g/mol. The predicted octanol–water partition coefficient (Wildman–Crippen LogP) is 1.61. The second-order valence-electron chi connectivity index (χ2n) is 4.93. The molecule has 1 aromatic rings. The van der Waals surface area contributed by atoms with E-state index in [1.54, 1.807) is 36.6 Å². The average Bonchev–Trinajstić information content (AvgIpc) is 2.45. The van der Waals surface area contributed by atoms with E-state index in [9.17, 15) is 22.8 Å². The summed E-state index contributed by atoms with van der Waals surface area (Å²) in [6.45, 7) is 1.20. The predicted molar refractivity (Wildman–Crippen MR) is 74.7 cm³/mol. The van der Waals surface area contributed by atoms with E-state index in [0.29, 0.717) is 12.2 Å². The van der Waals surface area contributed by atoms with Crippen LogP contribution in [-0.2, 0) is 16.0 Å². The first-order chi connectivity index (χ1) is 10.6. The Balaban J connectivity index is 2.54. The summed E-state index contributed by atoms with van der Waals surface area (Å²) in [6.07, 6.45) is -4.55. The van der Waals surface area contributed by atoms with E-state index >= 15 is 0 Å². The summed E-state index contributed by atoms with van der Waals surface area (Å²) >= 11 is 0. The fraction of sp³-hybridized carbons (Fsp3) is 0.429. The van der Waals surface area contributed by atoms with Crippen LogP contribution < -0.4 is 10.2 Å². The highest BCUT2D eigenvalue weighted by atomic mass is 19.4. The standard InChI is InChI=1S/C14H17F3N2O4/c1-9(19(2)18-13(22)14(15,16)17)7-10-3-5-11(6-4-10)23-8-12(20)21/h3-6,9H,7-8H2,1-2H3,(H,18,22)(H,20,21). The minimum atomic E-state index is -4.93. The van der Waals surface area contributed by atoms with Gasteiger partial charge in [-0.15, -0.1) is 0 Å². The van der Waals surface area contributed by atoms with Crippen LogP contribution in [0, 0.1) is 0 Å². The SMILES string of the molecule is CC(Cc1ccc(OCC(=O)O)cc1)N(C)NC(=O)C(F)(F)F. The fourth-order valence-electron chi connectivity index (χ4n) is 1.68. The zero-order valence-corrected chi connectivity index (χ0v) is 12.6. The highest BCUT2D eigenvalue weighted by molar-refractivity contribution is 5.81. The third-order valence-corrected chi connectivity index (χ3v) is 3.01. The summed E-state index contributed by atoms with van der Waals surface area (Å²) in [7, 11) is 1.35. The summed E-state index contributed by atoms with van der Waals surface area (Å²) in [5.41, 5.74) is 2.56. The van der Waals surface area contributed by atoms with Crippen LogP contribution in [0.4, 0.5) is 13.2 Å². The number of carboxylic acids is 1. The molecule has 1 unspecified atom stereocenters. The van der Waals surface area contributed by atoms with E-state index in [0.717, 1.165) is 10.6 Å². The van der Waals surface area contributed by atoms with Crippen molar-refractivity contribution in [2.24, 2.45) is 0 Å². The van der Waals surface area contributed by atoms with Gasteiger partial charge in [0.05, 0.1) is 0 Å². The summed E-state index contributed by atoms with van der Waals surface area (Å²) < 4.78 is 41.5. The number of hydrazine groups is 1. The van der Waals surface area contributed by atoms with Crippen molar-refractivity contribution >= 4 is 11.9 Å². The topological polar surface area (TPSA) is 78.9 Å². The zero-order chi connectivity index (χ0) is 17.6. The Bertz CT molecular complexity index is 546. The Kier molecular flexibility index (Phi) is 6.38. The third-order valence-electron chi connectivity index (χ3n) is 3.01. The van der Waals surface area contributed by atoms with E-state index in [2.05, 4.69) is 0 Å². The number of halogens is 3. The van der Waals surface area contributed by atoms with Crippen molar-refractivity contribution in [3.63, 3.8) is 0 Å². The number of hydrogen-bond acceptors (Lipinski definition) is 4. The molecule has 0 aliphatic carbocycles. The molecule has 0 saturated carbocycles. The first kappa shape index (κ1) is 18.8. The van der Waals surface area contributed by atoms with Gasteiger partial charge in [0.2, 0.25) is 0 Å². The number of benzene rings is 1. The minimum absolute atomic E-state index is 0.377. The van der Waals surface area contributed by atoms with Gasteiger partial charge in [0, 0.05) is 13.1 Å². The molecule has 0 spiro atoms. The number of aliphatic carboxylic acids is 1. The lowest BCUT2D eigenvalue weighted by Gasteiger charge is -2.25. The van der Waals surface area contributed by atoms with Gasteiger partial charge in [-0.3, -0.25) is 10.2 Å². The zero-order valence-electron chi connectivity index (χ0n) is 12.6. The molecule has 0 radical (unpaired) electrons. The fourth-order valence-corrected chi connectivity index (χ4v) is 1.68. The summed E-state index contributed by atoms with van der Waals surface area (Å²) in [5.74, 6) is -2.74. The average molecular weight is 334 g/mol. The Morgan fingerprint density at radius 1 is 1.30 bits per heavy atom. The van der Waals surface area contributed by atoms with Crippen LogP contribution in [0.3, 0.4) is 0 Å².